The van der Waals surface area contributed by atoms with Crippen molar-refractivity contribution in [2.75, 3.05) is 29.0 Å². The van der Waals surface area contributed by atoms with E-state index in [1.54, 1.807) is 35.2 Å². The Hall–Kier alpha value is -3.95. The number of carbonyl (C=O) groups excluding carboxylic acids is 1. The quantitative estimate of drug-likeness (QED) is 0.437. The lowest BCUT2D eigenvalue weighted by Crippen LogP contribution is -2.24. The molecule has 0 atom stereocenters. The van der Waals surface area contributed by atoms with Crippen LogP contribution in [0.15, 0.2) is 59.7 Å². The second kappa shape index (κ2) is 8.29. The molecule has 0 bridgehead atoms. The van der Waals surface area contributed by atoms with E-state index in [1.807, 2.05) is 0 Å². The number of hydrogen-bond donors (Lipinski definition) is 3. The van der Waals surface area contributed by atoms with Gasteiger partial charge in [0.05, 0.1) is 17.8 Å². The lowest BCUT2D eigenvalue weighted by molar-refractivity contribution is 0.0257. The maximum atomic E-state index is 14.4. The zero-order valence-corrected chi connectivity index (χ0v) is 16.8. The molecule has 2 heterocycles. The molecule has 32 heavy (non-hydrogen) atoms. The molecular formula is C22H23F3N6O. The number of benzene rings is 2. The van der Waals surface area contributed by atoms with E-state index in [0.29, 0.717) is 22.6 Å². The summed E-state index contributed by atoms with van der Waals surface area (Å²) in [7, 11) is 0. The van der Waals surface area contributed by atoms with Gasteiger partial charge in [0.15, 0.2) is 5.82 Å². The lowest BCUT2D eigenvalue weighted by atomic mass is 10.1. The Balaban J connectivity index is 0.00000204. The first-order valence-electron chi connectivity index (χ1n) is 9.74. The Kier molecular flexibility index (Phi) is 5.52. The van der Waals surface area contributed by atoms with E-state index in [0.717, 1.165) is 6.07 Å². The third kappa shape index (κ3) is 4.39. The van der Waals surface area contributed by atoms with Crippen LogP contribution in [-0.2, 0) is 0 Å². The lowest BCUT2D eigenvalue weighted by Gasteiger charge is -2.18. The van der Waals surface area contributed by atoms with Crippen LogP contribution < -0.4 is 16.0 Å². The summed E-state index contributed by atoms with van der Waals surface area (Å²) < 4.78 is 41.2. The number of nitrogen functional groups attached to an aromatic ring is 1. The minimum absolute atomic E-state index is 0. The molecular weight excluding hydrogens is 421 g/mol. The van der Waals surface area contributed by atoms with Gasteiger partial charge in [0, 0.05) is 32.8 Å². The Bertz CT molecular complexity index is 1190. The van der Waals surface area contributed by atoms with Gasteiger partial charge in [-0.15, -0.1) is 0 Å². The van der Waals surface area contributed by atoms with Crippen molar-refractivity contribution in [1.82, 2.24) is 4.98 Å². The fourth-order valence-corrected chi connectivity index (χ4v) is 3.49. The highest BCUT2D eigenvalue weighted by Gasteiger charge is 2.38. The first-order valence-corrected chi connectivity index (χ1v) is 9.74. The molecule has 1 aliphatic rings. The molecule has 1 saturated heterocycles. The van der Waals surface area contributed by atoms with E-state index in [9.17, 15) is 18.0 Å². The topological polar surface area (TPSA) is 107 Å². The fraction of sp³-hybridized carbons (Fsp3) is 0.182. The molecule has 0 spiro atoms. The van der Waals surface area contributed by atoms with Crippen LogP contribution in [0.2, 0.25) is 0 Å². The van der Waals surface area contributed by atoms with Crippen molar-refractivity contribution < 1.29 is 20.8 Å². The SMILES string of the molecule is N=Nc1ccc(-c2ccc(F)c(C(=O)Nc3ccc(N4CCC(F)(F)C4)cc3)c2)nc1N.[HH].[HH]. The zero-order valence-electron chi connectivity index (χ0n) is 16.8. The molecule has 2 aromatic carbocycles. The first kappa shape index (κ1) is 21.3. The van der Waals surface area contributed by atoms with E-state index < -0.39 is 17.6 Å². The van der Waals surface area contributed by atoms with Crippen LogP contribution in [0.4, 0.5) is 36.1 Å². The Labute approximate surface area is 184 Å². The predicted molar refractivity (Wildman–Crippen MR) is 119 cm³/mol. The molecule has 168 valence electrons. The van der Waals surface area contributed by atoms with Crippen LogP contribution in [0.1, 0.15) is 19.6 Å². The summed E-state index contributed by atoms with van der Waals surface area (Å²) in [6, 6.07) is 13.5. The third-order valence-electron chi connectivity index (χ3n) is 5.19. The van der Waals surface area contributed by atoms with Gasteiger partial charge in [-0.3, -0.25) is 4.79 Å². The average molecular weight is 444 g/mol. The summed E-state index contributed by atoms with van der Waals surface area (Å²) in [6.45, 7) is -0.0851. The number of pyridine rings is 1. The maximum absolute atomic E-state index is 14.4. The number of amides is 1. The molecule has 7 nitrogen and oxygen atoms in total. The Morgan fingerprint density at radius 1 is 1.19 bits per heavy atom. The van der Waals surface area contributed by atoms with E-state index in [-0.39, 0.29) is 39.4 Å². The van der Waals surface area contributed by atoms with Crippen molar-refractivity contribution in [2.45, 2.75) is 12.3 Å². The normalized spacial score (nSPS) is 14.9. The number of nitrogens with two attached hydrogens (primary N) is 1. The molecule has 1 aliphatic heterocycles. The minimum atomic E-state index is -2.70. The van der Waals surface area contributed by atoms with Gasteiger partial charge in [0.2, 0.25) is 0 Å². The molecule has 0 radical (unpaired) electrons. The maximum Gasteiger partial charge on any atom is 0.266 e. The van der Waals surface area contributed by atoms with Crippen LogP contribution >= 0.6 is 0 Å². The van der Waals surface area contributed by atoms with Gasteiger partial charge < -0.3 is 16.0 Å². The number of hydrogen-bond acceptors (Lipinski definition) is 6. The van der Waals surface area contributed by atoms with Crippen molar-refractivity contribution in [1.29, 1.82) is 5.53 Å². The molecule has 4 rings (SSSR count). The highest BCUT2D eigenvalue weighted by atomic mass is 19.3. The molecule has 0 unspecified atom stereocenters. The van der Waals surface area contributed by atoms with Gasteiger partial charge in [-0.2, -0.15) is 5.11 Å². The monoisotopic (exact) mass is 444 g/mol. The highest BCUT2D eigenvalue weighted by molar-refractivity contribution is 6.05. The molecule has 0 aliphatic carbocycles. The molecule has 1 aromatic heterocycles. The van der Waals surface area contributed by atoms with Crippen LogP contribution in [0.3, 0.4) is 0 Å². The van der Waals surface area contributed by atoms with Crippen molar-refractivity contribution in [3.63, 3.8) is 0 Å². The Morgan fingerprint density at radius 3 is 2.56 bits per heavy atom. The standard InChI is InChI=1S/C22H19F3N6O.2H2/c23-17-6-1-13(18-7-8-19(30-27)20(26)29-18)11-16(17)21(32)28-14-2-4-15(5-3-14)31-10-9-22(24,25)12-31;;/h1-8,11,27H,9-10,12H2,(H2,26,29)(H,28,32);2*1H. The van der Waals surface area contributed by atoms with Crippen molar-refractivity contribution in [2.24, 2.45) is 5.11 Å². The summed E-state index contributed by atoms with van der Waals surface area (Å²) in [6.07, 6.45) is -0.192. The molecule has 10 heteroatoms. The van der Waals surface area contributed by atoms with Gasteiger partial charge in [-0.25, -0.2) is 23.7 Å². The van der Waals surface area contributed by atoms with Gasteiger partial charge >= 0.3 is 0 Å². The van der Waals surface area contributed by atoms with E-state index in [1.165, 1.54) is 18.2 Å². The van der Waals surface area contributed by atoms with Crippen molar-refractivity contribution in [3.05, 3.63) is 66.0 Å². The van der Waals surface area contributed by atoms with Gasteiger partial charge in [0.1, 0.15) is 11.5 Å². The van der Waals surface area contributed by atoms with Crippen LogP contribution in [0.25, 0.3) is 11.3 Å². The second-order valence-corrected chi connectivity index (χ2v) is 7.44. The molecule has 3 aromatic rings. The van der Waals surface area contributed by atoms with E-state index >= 15 is 0 Å². The number of nitrogens with zero attached hydrogens (tertiary/aromatic N) is 3. The third-order valence-corrected chi connectivity index (χ3v) is 5.19. The average Bonchev–Trinajstić information content (AvgIpc) is 3.14. The van der Waals surface area contributed by atoms with Gasteiger partial charge in [-0.1, -0.05) is 0 Å². The number of carbonyl (C=O) groups is 1. The van der Waals surface area contributed by atoms with E-state index in [4.69, 9.17) is 11.3 Å². The first-order chi connectivity index (χ1) is 15.3. The van der Waals surface area contributed by atoms with Crippen LogP contribution in [-0.4, -0.2) is 29.9 Å². The van der Waals surface area contributed by atoms with E-state index in [2.05, 4.69) is 15.4 Å². The number of rotatable bonds is 5. The molecule has 1 fully saturated rings. The fourth-order valence-electron chi connectivity index (χ4n) is 3.49. The van der Waals surface area contributed by atoms with Crippen LogP contribution in [0.5, 0.6) is 0 Å². The molecule has 0 saturated carbocycles. The van der Waals surface area contributed by atoms with Gasteiger partial charge in [-0.05, 0) is 54.6 Å². The van der Waals surface area contributed by atoms with Crippen molar-refractivity contribution >= 4 is 28.8 Å². The zero-order chi connectivity index (χ0) is 22.9. The second-order valence-electron chi connectivity index (χ2n) is 7.44. The van der Waals surface area contributed by atoms with Crippen molar-refractivity contribution in [3.8, 4) is 11.3 Å². The summed E-state index contributed by atoms with van der Waals surface area (Å²) in [5.74, 6) is -4.04. The number of halogens is 3. The van der Waals surface area contributed by atoms with Gasteiger partial charge in [0.25, 0.3) is 11.8 Å². The summed E-state index contributed by atoms with van der Waals surface area (Å²) in [5, 5.41) is 5.86. The summed E-state index contributed by atoms with van der Waals surface area (Å²) in [5.41, 5.74) is 14.7. The number of aromatic nitrogens is 1. The summed E-state index contributed by atoms with van der Waals surface area (Å²) >= 11 is 0. The van der Waals surface area contributed by atoms with Crippen LogP contribution in [0, 0.1) is 11.3 Å². The highest BCUT2D eigenvalue weighted by Crippen LogP contribution is 2.31. The largest absolute Gasteiger partial charge is 0.382 e. The minimum Gasteiger partial charge on any atom is -0.382 e. The molecule has 4 N–H and O–H groups in total. The smallest absolute Gasteiger partial charge is 0.266 e. The predicted octanol–water partition coefficient (Wildman–Crippen LogP) is 5.72. The summed E-state index contributed by atoms with van der Waals surface area (Å²) in [4.78, 5) is 18.4. The number of nitrogens with one attached hydrogen (secondary N) is 2. The molecule has 1 amide bonds. The number of alkyl halides is 2. The number of anilines is 3. The Morgan fingerprint density at radius 2 is 1.94 bits per heavy atom.